The van der Waals surface area contributed by atoms with Crippen molar-refractivity contribution in [3.8, 4) is 16.9 Å². The summed E-state index contributed by atoms with van der Waals surface area (Å²) in [6.45, 7) is 4.20. The summed E-state index contributed by atoms with van der Waals surface area (Å²) in [4.78, 5) is 23.5. The first-order valence-corrected chi connectivity index (χ1v) is 9.65. The van der Waals surface area contributed by atoms with Crippen LogP contribution in [-0.2, 0) is 6.54 Å². The number of carbonyl (C=O) groups is 1. The lowest BCUT2D eigenvalue weighted by molar-refractivity contribution is -0.384. The number of carbonyl (C=O) groups excluding carboxylic acids is 1. The maximum Gasteiger partial charge on any atom is 0.270 e. The Morgan fingerprint density at radius 1 is 1.13 bits per heavy atom. The zero-order valence-corrected chi connectivity index (χ0v) is 17.0. The van der Waals surface area contributed by atoms with Crippen LogP contribution in [0.15, 0.2) is 71.3 Å². The number of nitrogens with zero attached hydrogens (tertiary/aromatic N) is 3. The highest BCUT2D eigenvalue weighted by molar-refractivity contribution is 5.94. The van der Waals surface area contributed by atoms with E-state index >= 15 is 0 Å². The topological polar surface area (TPSA) is 103 Å². The number of non-ortho nitro benzene ring substituents is 1. The second kappa shape index (κ2) is 8.27. The van der Waals surface area contributed by atoms with Gasteiger partial charge in [-0.15, -0.1) is 0 Å². The van der Waals surface area contributed by atoms with Crippen LogP contribution in [0.3, 0.4) is 0 Å². The molecule has 0 aliphatic carbocycles. The summed E-state index contributed by atoms with van der Waals surface area (Å²) in [6.07, 6.45) is 1.55. The van der Waals surface area contributed by atoms with Crippen LogP contribution < -0.4 is 5.32 Å². The Bertz CT molecular complexity index is 1240. The van der Waals surface area contributed by atoms with Crippen molar-refractivity contribution in [2.24, 2.45) is 0 Å². The summed E-state index contributed by atoms with van der Waals surface area (Å²) in [6, 6.07) is 17.2. The van der Waals surface area contributed by atoms with E-state index < -0.39 is 4.92 Å². The van der Waals surface area contributed by atoms with Crippen molar-refractivity contribution in [2.45, 2.75) is 20.4 Å². The molecule has 0 spiro atoms. The largest absolute Gasteiger partial charge is 0.467 e. The number of hydrogen-bond acceptors (Lipinski definition) is 5. The quantitative estimate of drug-likeness (QED) is 0.366. The number of aryl methyl sites for hydroxylation is 2. The fraction of sp³-hybridized carbons (Fsp3) is 0.130. The second-order valence-electron chi connectivity index (χ2n) is 7.18. The van der Waals surface area contributed by atoms with E-state index in [4.69, 9.17) is 4.42 Å². The van der Waals surface area contributed by atoms with Gasteiger partial charge in [0, 0.05) is 17.7 Å². The van der Waals surface area contributed by atoms with Crippen molar-refractivity contribution < 1.29 is 14.1 Å². The van der Waals surface area contributed by atoms with Gasteiger partial charge in [-0.2, -0.15) is 5.10 Å². The van der Waals surface area contributed by atoms with E-state index in [9.17, 15) is 14.9 Å². The van der Waals surface area contributed by atoms with Crippen LogP contribution in [0.25, 0.3) is 16.9 Å². The van der Waals surface area contributed by atoms with E-state index in [0.29, 0.717) is 22.7 Å². The average Bonchev–Trinajstić information content (AvgIpc) is 3.42. The van der Waals surface area contributed by atoms with Gasteiger partial charge in [-0.05, 0) is 55.8 Å². The minimum Gasteiger partial charge on any atom is -0.467 e. The van der Waals surface area contributed by atoms with Crippen molar-refractivity contribution in [1.29, 1.82) is 0 Å². The highest BCUT2D eigenvalue weighted by Crippen LogP contribution is 2.25. The van der Waals surface area contributed by atoms with Gasteiger partial charge in [-0.1, -0.05) is 17.7 Å². The Hall–Kier alpha value is -4.20. The van der Waals surface area contributed by atoms with E-state index in [-0.39, 0.29) is 18.1 Å². The molecule has 2 aromatic carbocycles. The van der Waals surface area contributed by atoms with Crippen molar-refractivity contribution in [3.63, 3.8) is 0 Å². The van der Waals surface area contributed by atoms with Gasteiger partial charge in [-0.25, -0.2) is 4.68 Å². The molecule has 0 atom stereocenters. The lowest BCUT2D eigenvalue weighted by atomic mass is 10.1. The molecule has 0 fully saturated rings. The van der Waals surface area contributed by atoms with Crippen molar-refractivity contribution >= 4 is 11.6 Å². The Morgan fingerprint density at radius 2 is 1.90 bits per heavy atom. The summed E-state index contributed by atoms with van der Waals surface area (Å²) < 4.78 is 6.88. The molecule has 0 saturated heterocycles. The lowest BCUT2D eigenvalue weighted by Crippen LogP contribution is -2.25. The Labute approximate surface area is 178 Å². The fourth-order valence-electron chi connectivity index (χ4n) is 3.34. The van der Waals surface area contributed by atoms with Gasteiger partial charge < -0.3 is 9.73 Å². The summed E-state index contributed by atoms with van der Waals surface area (Å²) in [5, 5.41) is 18.4. The molecule has 0 radical (unpaired) electrons. The Kier molecular flexibility index (Phi) is 5.36. The van der Waals surface area contributed by atoms with Crippen LogP contribution in [0.1, 0.15) is 27.4 Å². The fourth-order valence-corrected chi connectivity index (χ4v) is 3.34. The molecule has 0 aliphatic rings. The van der Waals surface area contributed by atoms with E-state index in [1.807, 2.05) is 32.0 Å². The van der Waals surface area contributed by atoms with Crippen LogP contribution in [0, 0.1) is 24.0 Å². The molecule has 31 heavy (non-hydrogen) atoms. The molecule has 156 valence electrons. The third kappa shape index (κ3) is 4.23. The first-order valence-electron chi connectivity index (χ1n) is 9.65. The molecule has 1 amide bonds. The zero-order valence-electron chi connectivity index (χ0n) is 17.0. The molecule has 8 nitrogen and oxygen atoms in total. The average molecular weight is 416 g/mol. The van der Waals surface area contributed by atoms with Gasteiger partial charge in [0.1, 0.15) is 11.5 Å². The van der Waals surface area contributed by atoms with Crippen LogP contribution in [0.5, 0.6) is 0 Å². The first-order chi connectivity index (χ1) is 14.9. The molecule has 4 aromatic rings. The van der Waals surface area contributed by atoms with Gasteiger partial charge in [0.25, 0.3) is 11.6 Å². The molecule has 2 aromatic heterocycles. The van der Waals surface area contributed by atoms with Crippen LogP contribution >= 0.6 is 0 Å². The molecular formula is C23H20N4O4. The molecule has 2 heterocycles. The standard InChI is InChI=1S/C23H20N4O4/c1-15-5-10-21(16(2)12-15)26-22(23(28)24-14-19-4-3-11-31-19)13-20(25-26)17-6-8-18(9-7-17)27(29)30/h3-13H,14H2,1-2H3,(H,24,28). The number of aromatic nitrogens is 2. The number of amides is 1. The molecule has 0 saturated carbocycles. The summed E-state index contributed by atoms with van der Waals surface area (Å²) in [7, 11) is 0. The summed E-state index contributed by atoms with van der Waals surface area (Å²) in [5.74, 6) is 0.332. The van der Waals surface area contributed by atoms with Crippen LogP contribution in [0.4, 0.5) is 5.69 Å². The minimum absolute atomic E-state index is 0.00558. The Balaban J connectivity index is 1.74. The minimum atomic E-state index is -0.453. The van der Waals surface area contributed by atoms with Crippen molar-refractivity contribution in [3.05, 3.63) is 99.6 Å². The first kappa shape index (κ1) is 20.1. The van der Waals surface area contributed by atoms with Gasteiger partial charge in [0.05, 0.1) is 29.1 Å². The smallest absolute Gasteiger partial charge is 0.270 e. The van der Waals surface area contributed by atoms with E-state index in [1.165, 1.54) is 12.1 Å². The molecule has 4 rings (SSSR count). The van der Waals surface area contributed by atoms with Crippen LogP contribution in [0.2, 0.25) is 0 Å². The number of nitro benzene ring substituents is 1. The van der Waals surface area contributed by atoms with E-state index in [0.717, 1.165) is 16.8 Å². The van der Waals surface area contributed by atoms with Gasteiger partial charge in [0.2, 0.25) is 0 Å². The third-order valence-electron chi connectivity index (χ3n) is 4.90. The lowest BCUT2D eigenvalue weighted by Gasteiger charge is -2.11. The highest BCUT2D eigenvalue weighted by atomic mass is 16.6. The van der Waals surface area contributed by atoms with Gasteiger partial charge in [-0.3, -0.25) is 14.9 Å². The van der Waals surface area contributed by atoms with E-state index in [1.54, 1.807) is 41.3 Å². The highest BCUT2D eigenvalue weighted by Gasteiger charge is 2.19. The second-order valence-corrected chi connectivity index (χ2v) is 7.18. The van der Waals surface area contributed by atoms with E-state index in [2.05, 4.69) is 10.4 Å². The predicted octanol–water partition coefficient (Wildman–Crippen LogP) is 4.59. The SMILES string of the molecule is Cc1ccc(-n2nc(-c3ccc([N+](=O)[O-])cc3)cc2C(=O)NCc2ccco2)c(C)c1. The number of rotatable bonds is 6. The molecule has 0 bridgehead atoms. The number of nitro groups is 1. The zero-order chi connectivity index (χ0) is 22.0. The predicted molar refractivity (Wildman–Crippen MR) is 115 cm³/mol. The molecular weight excluding hydrogens is 396 g/mol. The summed E-state index contributed by atoms with van der Waals surface area (Å²) >= 11 is 0. The molecule has 8 heteroatoms. The van der Waals surface area contributed by atoms with Crippen LogP contribution in [-0.4, -0.2) is 20.6 Å². The monoisotopic (exact) mass is 416 g/mol. The molecule has 1 N–H and O–H groups in total. The number of benzene rings is 2. The molecule has 0 aliphatic heterocycles. The van der Waals surface area contributed by atoms with Gasteiger partial charge in [0.15, 0.2) is 0 Å². The van der Waals surface area contributed by atoms with Crippen molar-refractivity contribution in [2.75, 3.05) is 0 Å². The third-order valence-corrected chi connectivity index (χ3v) is 4.90. The molecule has 0 unspecified atom stereocenters. The Morgan fingerprint density at radius 3 is 2.55 bits per heavy atom. The summed E-state index contributed by atoms with van der Waals surface area (Å²) in [5.41, 5.74) is 4.42. The maximum absolute atomic E-state index is 13.0. The number of hydrogen-bond donors (Lipinski definition) is 1. The number of nitrogens with one attached hydrogen (secondary N) is 1. The normalized spacial score (nSPS) is 10.8. The maximum atomic E-state index is 13.0. The van der Waals surface area contributed by atoms with Gasteiger partial charge >= 0.3 is 0 Å². The van der Waals surface area contributed by atoms with Crippen molar-refractivity contribution in [1.82, 2.24) is 15.1 Å². The number of furan rings is 1.